The summed E-state index contributed by atoms with van der Waals surface area (Å²) in [5.41, 5.74) is 2.11. The summed E-state index contributed by atoms with van der Waals surface area (Å²) in [6.07, 6.45) is -1.18. The molecule has 1 atom stereocenters. The van der Waals surface area contributed by atoms with Crippen LogP contribution in [0.1, 0.15) is 17.2 Å². The van der Waals surface area contributed by atoms with Crippen molar-refractivity contribution in [3.8, 4) is 5.69 Å². The van der Waals surface area contributed by atoms with Crippen molar-refractivity contribution in [3.05, 3.63) is 99.8 Å². The highest BCUT2D eigenvalue weighted by atomic mass is 32.2. The summed E-state index contributed by atoms with van der Waals surface area (Å²) in [7, 11) is 0. The van der Waals surface area contributed by atoms with E-state index < -0.39 is 17.7 Å². The van der Waals surface area contributed by atoms with E-state index in [0.29, 0.717) is 27.5 Å². The van der Waals surface area contributed by atoms with Crippen molar-refractivity contribution in [2.45, 2.75) is 18.2 Å². The number of para-hydroxylation sites is 1. The highest BCUT2D eigenvalue weighted by Crippen LogP contribution is 2.28. The van der Waals surface area contributed by atoms with Crippen LogP contribution in [0.4, 0.5) is 8.78 Å². The largest absolute Gasteiger partial charge is 0.387 e. The van der Waals surface area contributed by atoms with Crippen LogP contribution in [0.3, 0.4) is 0 Å². The standard InChI is InChI=1S/C24H18F2N4O2S/c1-14-6-9-16(10-7-14)29-22(32)18-4-2-3-5-20(18)30-23(29)27-28-24(30)33-13-21(31)17-11-8-15(25)12-19(17)26/h2-12,21,31H,13H2,1H3. The molecule has 5 rings (SSSR count). The second-order valence-corrected chi connectivity index (χ2v) is 8.59. The molecular formula is C24H18F2N4O2S. The first-order valence-electron chi connectivity index (χ1n) is 10.2. The van der Waals surface area contributed by atoms with Crippen molar-refractivity contribution in [2.24, 2.45) is 0 Å². The second-order valence-electron chi connectivity index (χ2n) is 7.60. The van der Waals surface area contributed by atoms with E-state index >= 15 is 0 Å². The number of thioether (sulfide) groups is 1. The number of hydrogen-bond donors (Lipinski definition) is 1. The van der Waals surface area contributed by atoms with Gasteiger partial charge in [0.2, 0.25) is 5.78 Å². The monoisotopic (exact) mass is 464 g/mol. The maximum absolute atomic E-state index is 14.1. The van der Waals surface area contributed by atoms with Crippen molar-refractivity contribution < 1.29 is 13.9 Å². The SMILES string of the molecule is Cc1ccc(-n2c(=O)c3ccccc3n3c(SCC(O)c4ccc(F)cc4F)nnc23)cc1. The molecule has 5 aromatic rings. The minimum Gasteiger partial charge on any atom is -0.387 e. The van der Waals surface area contributed by atoms with Crippen LogP contribution >= 0.6 is 11.8 Å². The number of aliphatic hydroxyl groups is 1. The fourth-order valence-corrected chi connectivity index (χ4v) is 4.61. The number of benzene rings is 3. The molecule has 0 saturated carbocycles. The number of aromatic nitrogens is 4. The molecular weight excluding hydrogens is 446 g/mol. The number of aliphatic hydroxyl groups excluding tert-OH is 1. The molecule has 1 N–H and O–H groups in total. The smallest absolute Gasteiger partial charge is 0.267 e. The Morgan fingerprint density at radius 1 is 1.03 bits per heavy atom. The van der Waals surface area contributed by atoms with Gasteiger partial charge in [0.1, 0.15) is 11.6 Å². The zero-order valence-corrected chi connectivity index (χ0v) is 18.3. The average Bonchev–Trinajstić information content (AvgIpc) is 3.22. The van der Waals surface area contributed by atoms with Gasteiger partial charge in [0.15, 0.2) is 5.16 Å². The summed E-state index contributed by atoms with van der Waals surface area (Å²) >= 11 is 1.16. The molecule has 166 valence electrons. The summed E-state index contributed by atoms with van der Waals surface area (Å²) < 4.78 is 30.5. The van der Waals surface area contributed by atoms with Crippen molar-refractivity contribution in [1.29, 1.82) is 0 Å². The molecule has 3 aromatic carbocycles. The lowest BCUT2D eigenvalue weighted by molar-refractivity contribution is 0.198. The van der Waals surface area contributed by atoms with Crippen LogP contribution in [-0.2, 0) is 0 Å². The van der Waals surface area contributed by atoms with E-state index in [2.05, 4.69) is 10.2 Å². The Morgan fingerprint density at radius 3 is 2.55 bits per heavy atom. The van der Waals surface area contributed by atoms with E-state index in [9.17, 15) is 18.7 Å². The van der Waals surface area contributed by atoms with E-state index in [-0.39, 0.29) is 16.9 Å². The van der Waals surface area contributed by atoms with Gasteiger partial charge in [-0.15, -0.1) is 10.2 Å². The molecule has 6 nitrogen and oxygen atoms in total. The van der Waals surface area contributed by atoms with Gasteiger partial charge in [0.05, 0.1) is 22.7 Å². The first-order valence-corrected chi connectivity index (χ1v) is 11.1. The van der Waals surface area contributed by atoms with Gasteiger partial charge in [-0.1, -0.05) is 47.7 Å². The van der Waals surface area contributed by atoms with E-state index in [1.807, 2.05) is 37.3 Å². The van der Waals surface area contributed by atoms with Crippen molar-refractivity contribution in [1.82, 2.24) is 19.2 Å². The number of rotatable bonds is 5. The molecule has 0 spiro atoms. The lowest BCUT2D eigenvalue weighted by atomic mass is 10.1. The summed E-state index contributed by atoms with van der Waals surface area (Å²) in [5.74, 6) is -1.14. The number of hydrogen-bond acceptors (Lipinski definition) is 5. The lowest BCUT2D eigenvalue weighted by Gasteiger charge is -2.13. The number of aryl methyl sites for hydroxylation is 1. The summed E-state index contributed by atoms with van der Waals surface area (Å²) in [6.45, 7) is 1.96. The molecule has 0 aliphatic carbocycles. The van der Waals surface area contributed by atoms with Crippen LogP contribution in [0.25, 0.3) is 22.4 Å². The average molecular weight is 464 g/mol. The first kappa shape index (κ1) is 21.3. The van der Waals surface area contributed by atoms with E-state index in [1.54, 1.807) is 22.6 Å². The van der Waals surface area contributed by atoms with Crippen molar-refractivity contribution in [2.75, 3.05) is 5.75 Å². The maximum atomic E-state index is 14.1. The minimum atomic E-state index is -1.18. The van der Waals surface area contributed by atoms with Gasteiger partial charge in [-0.2, -0.15) is 0 Å². The summed E-state index contributed by atoms with van der Waals surface area (Å²) in [4.78, 5) is 13.3. The van der Waals surface area contributed by atoms with Crippen LogP contribution in [0, 0.1) is 18.6 Å². The van der Waals surface area contributed by atoms with Crippen LogP contribution < -0.4 is 5.56 Å². The lowest BCUT2D eigenvalue weighted by Crippen LogP contribution is -2.21. The molecule has 1 unspecified atom stereocenters. The molecule has 2 aromatic heterocycles. The Bertz CT molecular complexity index is 1550. The Kier molecular flexibility index (Phi) is 5.43. The fraction of sp³-hybridized carbons (Fsp3) is 0.125. The van der Waals surface area contributed by atoms with Gasteiger partial charge in [-0.05, 0) is 37.3 Å². The Labute approximate surface area is 191 Å². The van der Waals surface area contributed by atoms with Crippen LogP contribution in [0.2, 0.25) is 0 Å². The molecule has 0 amide bonds. The van der Waals surface area contributed by atoms with Crippen LogP contribution in [0.15, 0.2) is 76.7 Å². The molecule has 33 heavy (non-hydrogen) atoms. The van der Waals surface area contributed by atoms with Gasteiger partial charge < -0.3 is 5.11 Å². The third kappa shape index (κ3) is 3.79. The number of nitrogens with zero attached hydrogens (tertiary/aromatic N) is 4. The zero-order chi connectivity index (χ0) is 23.1. The van der Waals surface area contributed by atoms with Crippen molar-refractivity contribution in [3.63, 3.8) is 0 Å². The minimum absolute atomic E-state index is 0.000794. The third-order valence-corrected chi connectivity index (χ3v) is 6.38. The zero-order valence-electron chi connectivity index (χ0n) is 17.4. The van der Waals surface area contributed by atoms with Gasteiger partial charge in [-0.3, -0.25) is 9.20 Å². The highest BCUT2D eigenvalue weighted by Gasteiger charge is 2.20. The molecule has 0 radical (unpaired) electrons. The molecule has 0 saturated heterocycles. The van der Waals surface area contributed by atoms with Gasteiger partial charge in [-0.25, -0.2) is 13.3 Å². The Balaban J connectivity index is 1.61. The van der Waals surface area contributed by atoms with E-state index in [4.69, 9.17) is 0 Å². The Morgan fingerprint density at radius 2 is 1.79 bits per heavy atom. The molecule has 0 aliphatic rings. The van der Waals surface area contributed by atoms with Gasteiger partial charge in [0, 0.05) is 17.4 Å². The van der Waals surface area contributed by atoms with Crippen LogP contribution in [-0.4, -0.2) is 30.0 Å². The van der Waals surface area contributed by atoms with Gasteiger partial charge in [0.25, 0.3) is 5.56 Å². The molecule has 0 bridgehead atoms. The quantitative estimate of drug-likeness (QED) is 0.389. The topological polar surface area (TPSA) is 72.4 Å². The second kappa shape index (κ2) is 8.42. The van der Waals surface area contributed by atoms with E-state index in [1.165, 1.54) is 10.6 Å². The summed E-state index contributed by atoms with van der Waals surface area (Å²) in [6, 6.07) is 17.7. The maximum Gasteiger partial charge on any atom is 0.267 e. The molecule has 9 heteroatoms. The van der Waals surface area contributed by atoms with E-state index in [0.717, 1.165) is 29.5 Å². The fourth-order valence-electron chi connectivity index (χ4n) is 3.71. The summed E-state index contributed by atoms with van der Waals surface area (Å²) in [5, 5.41) is 19.9. The van der Waals surface area contributed by atoms with Crippen molar-refractivity contribution >= 4 is 28.4 Å². The van der Waals surface area contributed by atoms with Crippen LogP contribution in [0.5, 0.6) is 0 Å². The number of halogens is 2. The van der Waals surface area contributed by atoms with Gasteiger partial charge >= 0.3 is 0 Å². The number of fused-ring (bicyclic) bond motifs is 3. The predicted molar refractivity (Wildman–Crippen MR) is 123 cm³/mol. The third-order valence-electron chi connectivity index (χ3n) is 5.38. The first-order chi connectivity index (χ1) is 15.9. The Hall–Kier alpha value is -3.56. The normalized spacial score (nSPS) is 12.5. The molecule has 0 fully saturated rings. The molecule has 0 aliphatic heterocycles. The molecule has 2 heterocycles. The predicted octanol–water partition coefficient (Wildman–Crippen LogP) is 4.45. The highest BCUT2D eigenvalue weighted by molar-refractivity contribution is 7.99.